The lowest BCUT2D eigenvalue weighted by atomic mass is 10.1. The average molecular weight is 500 g/mol. The number of anilines is 1. The van der Waals surface area contributed by atoms with Crippen molar-refractivity contribution in [2.75, 3.05) is 25.7 Å². The van der Waals surface area contributed by atoms with E-state index in [1.165, 1.54) is 4.90 Å². The average Bonchev–Trinajstić information content (AvgIpc) is 3.11. The van der Waals surface area contributed by atoms with E-state index >= 15 is 0 Å². The van der Waals surface area contributed by atoms with Gasteiger partial charge in [0.05, 0.1) is 31.0 Å². The molecule has 0 aliphatic carbocycles. The molecule has 0 atom stereocenters. The van der Waals surface area contributed by atoms with Gasteiger partial charge in [-0.05, 0) is 73.2 Å². The topological polar surface area (TPSA) is 75.0 Å². The van der Waals surface area contributed by atoms with Crippen LogP contribution in [0.5, 0.6) is 17.2 Å². The molecule has 0 bridgehead atoms. The lowest BCUT2D eigenvalue weighted by Gasteiger charge is -2.16. The fraction of sp³-hybridized carbons (Fsp3) is 0.179. The van der Waals surface area contributed by atoms with Crippen LogP contribution in [0.15, 0.2) is 72.4 Å². The van der Waals surface area contributed by atoms with E-state index in [0.717, 1.165) is 16.9 Å². The fourth-order valence-electron chi connectivity index (χ4n) is 3.80. The minimum atomic E-state index is -0.223. The van der Waals surface area contributed by atoms with E-state index in [9.17, 15) is 10.1 Å². The Labute approximate surface area is 215 Å². The van der Waals surface area contributed by atoms with Gasteiger partial charge in [0.2, 0.25) is 0 Å². The molecule has 0 spiro atoms. The third kappa shape index (κ3) is 5.02. The minimum absolute atomic E-state index is 0.223. The molecule has 1 amide bonds. The number of benzene rings is 3. The Balaban J connectivity index is 1.56. The zero-order valence-electron chi connectivity index (χ0n) is 20.2. The second kappa shape index (κ2) is 10.9. The number of carbonyl (C=O) groups excluding carboxylic acids is 1. The van der Waals surface area contributed by atoms with Crippen molar-refractivity contribution >= 4 is 35.0 Å². The molecule has 3 aromatic carbocycles. The second-order valence-corrected chi connectivity index (χ2v) is 8.27. The van der Waals surface area contributed by atoms with Crippen molar-refractivity contribution in [1.82, 2.24) is 4.90 Å². The van der Waals surface area contributed by atoms with Crippen LogP contribution in [0.1, 0.15) is 23.6 Å². The summed E-state index contributed by atoms with van der Waals surface area (Å²) in [6.07, 6.45) is 1.76. The number of methoxy groups -OCH3 is 1. The molecule has 1 saturated heterocycles. The summed E-state index contributed by atoms with van der Waals surface area (Å²) in [6.45, 7) is 2.71. The summed E-state index contributed by atoms with van der Waals surface area (Å²) < 4.78 is 16.9. The number of hydrogen-bond acceptors (Lipinski definition) is 6. The molecule has 1 aliphatic heterocycles. The van der Waals surface area contributed by atoms with Gasteiger partial charge in [0.25, 0.3) is 5.91 Å². The molecule has 0 N–H and O–H groups in total. The van der Waals surface area contributed by atoms with Gasteiger partial charge < -0.3 is 19.1 Å². The van der Waals surface area contributed by atoms with Crippen LogP contribution >= 0.6 is 12.2 Å². The summed E-state index contributed by atoms with van der Waals surface area (Å²) in [7, 11) is 3.32. The largest absolute Gasteiger partial charge is 0.494 e. The van der Waals surface area contributed by atoms with Crippen molar-refractivity contribution < 1.29 is 19.0 Å². The number of ether oxygens (including phenoxy) is 3. The highest BCUT2D eigenvalue weighted by Crippen LogP contribution is 2.33. The molecule has 0 unspecified atom stereocenters. The third-order valence-corrected chi connectivity index (χ3v) is 6.14. The third-order valence-electron chi connectivity index (χ3n) is 5.68. The Morgan fingerprint density at radius 2 is 1.78 bits per heavy atom. The van der Waals surface area contributed by atoms with E-state index in [0.29, 0.717) is 40.2 Å². The summed E-state index contributed by atoms with van der Waals surface area (Å²) in [5.41, 5.74) is 3.21. The summed E-state index contributed by atoms with van der Waals surface area (Å²) in [5.74, 6) is 1.55. The molecule has 1 fully saturated rings. The van der Waals surface area contributed by atoms with Gasteiger partial charge in [0.1, 0.15) is 18.1 Å². The van der Waals surface area contributed by atoms with Gasteiger partial charge in [0.15, 0.2) is 16.6 Å². The molecular weight excluding hydrogens is 474 g/mol. The van der Waals surface area contributed by atoms with Crippen LogP contribution in [0.4, 0.5) is 5.69 Å². The van der Waals surface area contributed by atoms with E-state index < -0.39 is 0 Å². The molecule has 1 heterocycles. The maximum Gasteiger partial charge on any atom is 0.281 e. The highest BCUT2D eigenvalue weighted by Gasteiger charge is 2.36. The minimum Gasteiger partial charge on any atom is -0.494 e. The van der Waals surface area contributed by atoms with E-state index in [4.69, 9.17) is 26.4 Å². The first kappa shape index (κ1) is 24.8. The highest BCUT2D eigenvalue weighted by atomic mass is 32.1. The highest BCUT2D eigenvalue weighted by molar-refractivity contribution is 7.80. The van der Waals surface area contributed by atoms with Gasteiger partial charge in [0, 0.05) is 12.6 Å². The molecule has 8 heteroatoms. The Hall–Kier alpha value is -4.35. The van der Waals surface area contributed by atoms with Crippen molar-refractivity contribution in [2.24, 2.45) is 0 Å². The van der Waals surface area contributed by atoms with Crippen LogP contribution in [-0.2, 0) is 11.4 Å². The monoisotopic (exact) mass is 499 g/mol. The molecule has 3 aromatic rings. The Bertz CT molecular complexity index is 1360. The normalized spacial score (nSPS) is 14.2. The van der Waals surface area contributed by atoms with Crippen molar-refractivity contribution in [2.45, 2.75) is 13.5 Å². The standard InChI is InChI=1S/C28H25N3O4S/c1-4-34-23-12-10-22(11-13-23)31-27(32)24(30(2)28(31)36)15-19-9-14-25(26(16-19)33-3)35-18-21-8-6-5-7-20(21)17-29/h5-16H,4,18H2,1-3H3/b24-15-. The van der Waals surface area contributed by atoms with Gasteiger partial charge in [-0.3, -0.25) is 9.69 Å². The van der Waals surface area contributed by atoms with Gasteiger partial charge in [-0.1, -0.05) is 24.3 Å². The zero-order chi connectivity index (χ0) is 25.7. The Kier molecular flexibility index (Phi) is 7.52. The first-order valence-electron chi connectivity index (χ1n) is 11.3. The van der Waals surface area contributed by atoms with Crippen LogP contribution in [0.3, 0.4) is 0 Å². The molecule has 0 saturated carbocycles. The van der Waals surface area contributed by atoms with Crippen LogP contribution in [-0.4, -0.2) is 36.7 Å². The molecule has 0 aromatic heterocycles. The smallest absolute Gasteiger partial charge is 0.281 e. The van der Waals surface area contributed by atoms with Crippen LogP contribution in [0, 0.1) is 11.3 Å². The number of carbonyl (C=O) groups is 1. The van der Waals surface area contributed by atoms with E-state index in [1.807, 2.05) is 55.5 Å². The van der Waals surface area contributed by atoms with Crippen LogP contribution in [0.25, 0.3) is 6.08 Å². The molecule has 182 valence electrons. The van der Waals surface area contributed by atoms with Crippen molar-refractivity contribution in [3.8, 4) is 23.3 Å². The molecular formula is C28H25N3O4S. The van der Waals surface area contributed by atoms with E-state index in [2.05, 4.69) is 6.07 Å². The number of likely N-dealkylation sites (N-methyl/N-ethyl adjacent to an activating group) is 1. The number of nitriles is 1. The quantitative estimate of drug-likeness (QED) is 0.313. The van der Waals surface area contributed by atoms with Gasteiger partial charge in [-0.2, -0.15) is 5.26 Å². The fourth-order valence-corrected chi connectivity index (χ4v) is 4.09. The van der Waals surface area contributed by atoms with Crippen molar-refractivity contribution in [3.05, 3.63) is 89.1 Å². The second-order valence-electron chi connectivity index (χ2n) is 7.91. The van der Waals surface area contributed by atoms with Crippen LogP contribution < -0.4 is 19.1 Å². The van der Waals surface area contributed by atoms with E-state index in [1.54, 1.807) is 43.3 Å². The van der Waals surface area contributed by atoms with E-state index in [-0.39, 0.29) is 12.5 Å². The molecule has 36 heavy (non-hydrogen) atoms. The molecule has 7 nitrogen and oxygen atoms in total. The summed E-state index contributed by atoms with van der Waals surface area (Å²) in [4.78, 5) is 16.5. The SMILES string of the molecule is CCOc1ccc(N2C(=O)/C(=C/c3ccc(OCc4ccccc4C#N)c(OC)c3)N(C)C2=S)cc1. The number of rotatable bonds is 8. The maximum atomic E-state index is 13.3. The number of nitrogens with zero attached hydrogens (tertiary/aromatic N) is 3. The Morgan fingerprint density at radius 1 is 1.03 bits per heavy atom. The summed E-state index contributed by atoms with van der Waals surface area (Å²) >= 11 is 5.56. The number of hydrogen-bond donors (Lipinski definition) is 0. The maximum absolute atomic E-state index is 13.3. The van der Waals surface area contributed by atoms with Gasteiger partial charge in [-0.25, -0.2) is 0 Å². The van der Waals surface area contributed by atoms with Crippen molar-refractivity contribution in [3.63, 3.8) is 0 Å². The lowest BCUT2D eigenvalue weighted by Crippen LogP contribution is -2.31. The molecule has 1 aliphatic rings. The molecule has 4 rings (SSSR count). The number of thiocarbonyl (C=S) groups is 1. The van der Waals surface area contributed by atoms with Gasteiger partial charge in [-0.15, -0.1) is 0 Å². The number of amides is 1. The molecule has 0 radical (unpaired) electrons. The summed E-state index contributed by atoms with van der Waals surface area (Å²) in [6, 6.07) is 22.1. The predicted octanol–water partition coefficient (Wildman–Crippen LogP) is 5.15. The predicted molar refractivity (Wildman–Crippen MR) is 142 cm³/mol. The Morgan fingerprint density at radius 3 is 2.47 bits per heavy atom. The summed E-state index contributed by atoms with van der Waals surface area (Å²) in [5, 5.41) is 9.68. The van der Waals surface area contributed by atoms with Crippen molar-refractivity contribution in [1.29, 1.82) is 5.26 Å². The first-order valence-corrected chi connectivity index (χ1v) is 11.7. The van der Waals surface area contributed by atoms with Crippen LogP contribution in [0.2, 0.25) is 0 Å². The first-order chi connectivity index (χ1) is 17.5. The zero-order valence-corrected chi connectivity index (χ0v) is 21.0. The lowest BCUT2D eigenvalue weighted by molar-refractivity contribution is -0.114. The van der Waals surface area contributed by atoms with Gasteiger partial charge >= 0.3 is 0 Å².